The van der Waals surface area contributed by atoms with Gasteiger partial charge >= 0.3 is 5.97 Å². The predicted molar refractivity (Wildman–Crippen MR) is 44.1 cm³/mol. The Balaban J connectivity index is 3.27. The zero-order valence-corrected chi connectivity index (χ0v) is 6.82. The molecule has 0 unspecified atom stereocenters. The van der Waals surface area contributed by atoms with Gasteiger partial charge in [-0.3, -0.25) is 4.79 Å². The highest BCUT2D eigenvalue weighted by Gasteiger charge is 2.13. The highest BCUT2D eigenvalue weighted by atomic mass is 19.1. The smallest absolute Gasteiger partial charge is 0.338 e. The van der Waals surface area contributed by atoms with Gasteiger partial charge in [0.25, 0.3) is 0 Å². The zero-order chi connectivity index (χ0) is 10.6. The number of aldehydes is 1. The van der Waals surface area contributed by atoms with Crippen LogP contribution in [0.25, 0.3) is 0 Å². The normalized spacial score (nSPS) is 8.64. The molecule has 0 fully saturated rings. The van der Waals surface area contributed by atoms with Crippen LogP contribution in [-0.2, 0) is 4.79 Å². The summed E-state index contributed by atoms with van der Waals surface area (Å²) in [5.74, 6) is 1.60. The molecule has 0 spiro atoms. The van der Waals surface area contributed by atoms with Gasteiger partial charge in [-0.15, -0.1) is 0 Å². The highest BCUT2D eigenvalue weighted by molar-refractivity contribution is 5.88. The van der Waals surface area contributed by atoms with Crippen LogP contribution in [0.1, 0.15) is 16.1 Å². The molecule has 0 amide bonds. The van der Waals surface area contributed by atoms with E-state index in [-0.39, 0.29) is 12.0 Å². The Hall–Kier alpha value is -2.22. The standard InChI is InChI=1S/C9H4FNO3/c10-8-6(9(13)14)3-4-11-7(8)2-1-5-12/h3-5H,(H,13,14). The van der Waals surface area contributed by atoms with Crippen molar-refractivity contribution in [3.8, 4) is 11.8 Å². The van der Waals surface area contributed by atoms with Crippen LogP contribution in [0.5, 0.6) is 0 Å². The summed E-state index contributed by atoms with van der Waals surface area (Å²) >= 11 is 0. The van der Waals surface area contributed by atoms with Gasteiger partial charge in [0.05, 0.1) is 5.56 Å². The third-order valence-corrected chi connectivity index (χ3v) is 1.37. The third-order valence-electron chi connectivity index (χ3n) is 1.37. The molecule has 0 bridgehead atoms. The molecule has 70 valence electrons. The number of aromatic carboxylic acids is 1. The van der Waals surface area contributed by atoms with Crippen molar-refractivity contribution in [1.29, 1.82) is 0 Å². The van der Waals surface area contributed by atoms with Crippen LogP contribution in [0.2, 0.25) is 0 Å². The second kappa shape index (κ2) is 4.14. The first-order chi connectivity index (χ1) is 6.66. The van der Waals surface area contributed by atoms with Crippen molar-refractivity contribution in [2.45, 2.75) is 0 Å². The minimum absolute atomic E-state index is 0.272. The summed E-state index contributed by atoms with van der Waals surface area (Å²) in [6, 6.07) is 1.02. The SMILES string of the molecule is O=CC#Cc1nccc(C(=O)O)c1F. The molecule has 0 saturated heterocycles. The van der Waals surface area contributed by atoms with E-state index < -0.39 is 17.3 Å². The van der Waals surface area contributed by atoms with Crippen molar-refractivity contribution in [3.63, 3.8) is 0 Å². The topological polar surface area (TPSA) is 67.3 Å². The number of carbonyl (C=O) groups is 2. The molecule has 1 aromatic heterocycles. The van der Waals surface area contributed by atoms with Crippen molar-refractivity contribution < 1.29 is 19.1 Å². The van der Waals surface area contributed by atoms with Crippen molar-refractivity contribution in [2.24, 2.45) is 0 Å². The first-order valence-electron chi connectivity index (χ1n) is 3.49. The van der Waals surface area contributed by atoms with Crippen molar-refractivity contribution in [2.75, 3.05) is 0 Å². The number of carboxylic acids is 1. The van der Waals surface area contributed by atoms with Gasteiger partial charge < -0.3 is 5.11 Å². The van der Waals surface area contributed by atoms with Gasteiger partial charge in [0.15, 0.2) is 12.1 Å². The molecule has 0 saturated carbocycles. The quantitative estimate of drug-likeness (QED) is 0.520. The van der Waals surface area contributed by atoms with Crippen LogP contribution < -0.4 is 0 Å². The van der Waals surface area contributed by atoms with Crippen LogP contribution in [0.3, 0.4) is 0 Å². The van der Waals surface area contributed by atoms with E-state index in [1.165, 1.54) is 0 Å². The number of rotatable bonds is 1. The zero-order valence-electron chi connectivity index (χ0n) is 6.82. The number of halogens is 1. The Morgan fingerprint density at radius 1 is 1.64 bits per heavy atom. The lowest BCUT2D eigenvalue weighted by Gasteiger charge is -1.97. The Morgan fingerprint density at radius 3 is 2.93 bits per heavy atom. The Morgan fingerprint density at radius 2 is 2.36 bits per heavy atom. The van der Waals surface area contributed by atoms with E-state index in [2.05, 4.69) is 10.9 Å². The van der Waals surface area contributed by atoms with Gasteiger partial charge in [-0.25, -0.2) is 14.2 Å². The van der Waals surface area contributed by atoms with Crippen molar-refractivity contribution in [3.05, 3.63) is 29.3 Å². The lowest BCUT2D eigenvalue weighted by atomic mass is 10.2. The Kier molecular flexibility index (Phi) is 2.92. The van der Waals surface area contributed by atoms with Crippen LogP contribution in [0.15, 0.2) is 12.3 Å². The number of nitrogens with zero attached hydrogens (tertiary/aromatic N) is 1. The molecule has 4 nitrogen and oxygen atoms in total. The minimum Gasteiger partial charge on any atom is -0.478 e. The molecular formula is C9H4FNO3. The minimum atomic E-state index is -1.40. The third kappa shape index (κ3) is 1.93. The summed E-state index contributed by atoms with van der Waals surface area (Å²) < 4.78 is 13.2. The van der Waals surface area contributed by atoms with Crippen LogP contribution >= 0.6 is 0 Å². The molecule has 0 atom stereocenters. The molecule has 1 N–H and O–H groups in total. The maximum Gasteiger partial charge on any atom is 0.338 e. The maximum absolute atomic E-state index is 13.2. The average molecular weight is 193 g/mol. The second-order valence-corrected chi connectivity index (χ2v) is 2.21. The van der Waals surface area contributed by atoms with Gasteiger partial charge in [-0.2, -0.15) is 0 Å². The molecule has 1 aromatic rings. The number of carboxylic acid groups (broad SMARTS) is 1. The van der Waals surface area contributed by atoms with E-state index in [4.69, 9.17) is 5.11 Å². The molecule has 1 heterocycles. The lowest BCUT2D eigenvalue weighted by Crippen LogP contribution is -2.03. The number of pyridine rings is 1. The van der Waals surface area contributed by atoms with Crippen LogP contribution in [-0.4, -0.2) is 22.3 Å². The fourth-order valence-corrected chi connectivity index (χ4v) is 0.794. The molecule has 5 heteroatoms. The Bertz CT molecular complexity index is 445. The number of aromatic nitrogens is 1. The molecule has 0 aromatic carbocycles. The van der Waals surface area contributed by atoms with Crippen LogP contribution in [0, 0.1) is 17.7 Å². The Labute approximate surface area is 78.4 Å². The number of hydrogen-bond donors (Lipinski definition) is 1. The molecule has 1 rings (SSSR count). The van der Waals surface area contributed by atoms with E-state index in [1.807, 2.05) is 5.92 Å². The van der Waals surface area contributed by atoms with Crippen molar-refractivity contribution in [1.82, 2.24) is 4.98 Å². The fraction of sp³-hybridized carbons (Fsp3) is 0. The van der Waals surface area contributed by atoms with E-state index >= 15 is 0 Å². The van der Waals surface area contributed by atoms with E-state index in [9.17, 15) is 14.0 Å². The average Bonchev–Trinajstić information content (AvgIpc) is 2.16. The number of carbonyl (C=O) groups excluding carboxylic acids is 1. The van der Waals surface area contributed by atoms with E-state index in [0.717, 1.165) is 12.3 Å². The first-order valence-corrected chi connectivity index (χ1v) is 3.49. The first kappa shape index (κ1) is 9.86. The van der Waals surface area contributed by atoms with Gasteiger partial charge in [-0.1, -0.05) is 0 Å². The van der Waals surface area contributed by atoms with Gasteiger partial charge in [0, 0.05) is 6.20 Å². The lowest BCUT2D eigenvalue weighted by molar-refractivity contribution is -0.103. The summed E-state index contributed by atoms with van der Waals surface area (Å²) in [7, 11) is 0. The van der Waals surface area contributed by atoms with Gasteiger partial charge in [-0.05, 0) is 17.9 Å². The molecule has 14 heavy (non-hydrogen) atoms. The summed E-state index contributed by atoms with van der Waals surface area (Å²) in [6.07, 6.45) is 1.38. The predicted octanol–water partition coefficient (Wildman–Crippen LogP) is 0.469. The summed E-state index contributed by atoms with van der Waals surface area (Å²) in [5, 5.41) is 8.53. The fourth-order valence-electron chi connectivity index (χ4n) is 0.794. The summed E-state index contributed by atoms with van der Waals surface area (Å²) in [4.78, 5) is 23.8. The van der Waals surface area contributed by atoms with Gasteiger partial charge in [0.1, 0.15) is 5.69 Å². The summed E-state index contributed by atoms with van der Waals surface area (Å²) in [6.45, 7) is 0. The molecule has 0 aliphatic heterocycles. The summed E-state index contributed by atoms with van der Waals surface area (Å²) in [5.41, 5.74) is -0.868. The molecule has 0 radical (unpaired) electrons. The monoisotopic (exact) mass is 193 g/mol. The van der Waals surface area contributed by atoms with Gasteiger partial charge in [0.2, 0.25) is 0 Å². The van der Waals surface area contributed by atoms with Crippen LogP contribution in [0.4, 0.5) is 4.39 Å². The molecule has 0 aliphatic rings. The molecule has 0 aliphatic carbocycles. The largest absolute Gasteiger partial charge is 0.478 e. The maximum atomic E-state index is 13.2. The van der Waals surface area contributed by atoms with Crippen molar-refractivity contribution >= 4 is 12.3 Å². The molecular weight excluding hydrogens is 189 g/mol. The van der Waals surface area contributed by atoms with E-state index in [0.29, 0.717) is 0 Å². The second-order valence-electron chi connectivity index (χ2n) is 2.21. The number of hydrogen-bond acceptors (Lipinski definition) is 3. The van der Waals surface area contributed by atoms with E-state index in [1.54, 1.807) is 0 Å². The highest BCUT2D eigenvalue weighted by Crippen LogP contribution is 2.08.